The van der Waals surface area contributed by atoms with Crippen LogP contribution in [0.1, 0.15) is 26.0 Å². The van der Waals surface area contributed by atoms with Gasteiger partial charge in [-0.2, -0.15) is 0 Å². The lowest BCUT2D eigenvalue weighted by molar-refractivity contribution is -0.126. The molecule has 1 aromatic heterocycles. The highest BCUT2D eigenvalue weighted by Crippen LogP contribution is 2.11. The maximum absolute atomic E-state index is 11.8. The van der Waals surface area contributed by atoms with Crippen molar-refractivity contribution < 1.29 is 14.1 Å². The minimum absolute atomic E-state index is 0.0152. The van der Waals surface area contributed by atoms with Crippen LogP contribution in [0.2, 0.25) is 0 Å². The minimum atomic E-state index is -0.0199. The molecule has 2 heterocycles. The predicted octanol–water partition coefficient (Wildman–Crippen LogP) is 0.790. The summed E-state index contributed by atoms with van der Waals surface area (Å²) in [6.07, 6.45) is 1.86. The molecule has 1 aromatic rings. The fraction of sp³-hybridized carbons (Fsp3) is 0.692. The largest absolute Gasteiger partial charge is 0.375 e. The molecule has 1 amide bonds. The van der Waals surface area contributed by atoms with Gasteiger partial charge in [0.15, 0.2) is 0 Å². The minimum Gasteiger partial charge on any atom is -0.375 e. The molecule has 19 heavy (non-hydrogen) atoms. The second kappa shape index (κ2) is 6.68. The van der Waals surface area contributed by atoms with Crippen LogP contribution in [0.5, 0.6) is 0 Å². The first-order chi connectivity index (χ1) is 9.15. The monoisotopic (exact) mass is 267 g/mol. The Bertz CT molecular complexity index is 392. The van der Waals surface area contributed by atoms with Crippen LogP contribution < -0.4 is 5.32 Å². The Balaban J connectivity index is 1.72. The lowest BCUT2D eigenvalue weighted by atomic mass is 10.1. The van der Waals surface area contributed by atoms with Crippen molar-refractivity contribution in [3.05, 3.63) is 18.0 Å². The smallest absolute Gasteiger partial charge is 0.222 e. The molecular formula is C13H21N3O3. The van der Waals surface area contributed by atoms with Crippen molar-refractivity contribution in [3.63, 3.8) is 0 Å². The third-order valence-electron chi connectivity index (χ3n) is 3.27. The van der Waals surface area contributed by atoms with Gasteiger partial charge in [0.2, 0.25) is 5.91 Å². The molecule has 2 rings (SSSR count). The molecule has 0 radical (unpaired) electrons. The number of aromatic nitrogens is 1. The van der Waals surface area contributed by atoms with Crippen molar-refractivity contribution in [2.24, 2.45) is 0 Å². The maximum Gasteiger partial charge on any atom is 0.222 e. The van der Waals surface area contributed by atoms with E-state index >= 15 is 0 Å². The second-order valence-electron chi connectivity index (χ2n) is 5.05. The van der Waals surface area contributed by atoms with Crippen molar-refractivity contribution in [2.45, 2.75) is 39.0 Å². The van der Waals surface area contributed by atoms with E-state index in [-0.39, 0.29) is 12.0 Å². The Hall–Kier alpha value is -1.40. The van der Waals surface area contributed by atoms with E-state index in [0.717, 1.165) is 18.8 Å². The zero-order valence-corrected chi connectivity index (χ0v) is 11.5. The average molecular weight is 267 g/mol. The van der Waals surface area contributed by atoms with Crippen LogP contribution in [0.4, 0.5) is 0 Å². The molecule has 0 aromatic carbocycles. The number of morpholine rings is 1. The van der Waals surface area contributed by atoms with Gasteiger partial charge in [0, 0.05) is 25.2 Å². The van der Waals surface area contributed by atoms with E-state index in [1.54, 1.807) is 6.07 Å². The van der Waals surface area contributed by atoms with Crippen LogP contribution in [-0.4, -0.2) is 47.8 Å². The zero-order chi connectivity index (χ0) is 13.7. The highest BCUT2D eigenvalue weighted by molar-refractivity contribution is 5.76. The number of nitrogens with one attached hydrogen (secondary N) is 1. The van der Waals surface area contributed by atoms with Crippen LogP contribution >= 0.6 is 0 Å². The van der Waals surface area contributed by atoms with Gasteiger partial charge >= 0.3 is 0 Å². The van der Waals surface area contributed by atoms with Crippen LogP contribution in [0, 0.1) is 0 Å². The normalized spacial score (nSPS) is 20.7. The molecule has 1 N–H and O–H groups in total. The maximum atomic E-state index is 11.8. The topological polar surface area (TPSA) is 67.6 Å². The number of ether oxygens (including phenoxy) is 1. The quantitative estimate of drug-likeness (QED) is 0.854. The molecule has 1 unspecified atom stereocenters. The second-order valence-corrected chi connectivity index (χ2v) is 5.05. The summed E-state index contributed by atoms with van der Waals surface area (Å²) in [5, 5.41) is 6.56. The number of amides is 1. The molecule has 1 aliphatic rings. The van der Waals surface area contributed by atoms with Gasteiger partial charge in [-0.05, 0) is 13.8 Å². The summed E-state index contributed by atoms with van der Waals surface area (Å²) in [7, 11) is 0. The Labute approximate surface area is 113 Å². The summed E-state index contributed by atoms with van der Waals surface area (Å²) < 4.78 is 10.3. The van der Waals surface area contributed by atoms with Crippen molar-refractivity contribution in [1.29, 1.82) is 0 Å². The van der Waals surface area contributed by atoms with E-state index in [2.05, 4.69) is 29.2 Å². The molecule has 6 nitrogen and oxygen atoms in total. The van der Waals surface area contributed by atoms with Crippen LogP contribution in [0.3, 0.4) is 0 Å². The van der Waals surface area contributed by atoms with Crippen LogP contribution in [0.15, 0.2) is 16.9 Å². The average Bonchev–Trinajstić information content (AvgIpc) is 2.90. The van der Waals surface area contributed by atoms with E-state index in [1.165, 1.54) is 6.26 Å². The Kier molecular flexibility index (Phi) is 4.93. The number of hydrogen-bond donors (Lipinski definition) is 1. The third-order valence-corrected chi connectivity index (χ3v) is 3.27. The SMILES string of the molecule is CC(C)N1CCOC(CC(=O)NCc2ccon2)C1. The number of nitrogens with zero attached hydrogens (tertiary/aromatic N) is 2. The molecule has 0 aliphatic carbocycles. The van der Waals surface area contributed by atoms with Crippen molar-refractivity contribution in [3.8, 4) is 0 Å². The number of hydrogen-bond acceptors (Lipinski definition) is 5. The zero-order valence-electron chi connectivity index (χ0n) is 11.5. The number of carbonyl (C=O) groups is 1. The highest BCUT2D eigenvalue weighted by atomic mass is 16.5. The lowest BCUT2D eigenvalue weighted by Gasteiger charge is -2.35. The van der Waals surface area contributed by atoms with Gasteiger partial charge in [-0.25, -0.2) is 0 Å². The van der Waals surface area contributed by atoms with E-state index in [1.807, 2.05) is 0 Å². The molecule has 1 saturated heterocycles. The number of rotatable bonds is 5. The van der Waals surface area contributed by atoms with Gasteiger partial charge < -0.3 is 14.6 Å². The van der Waals surface area contributed by atoms with Crippen LogP contribution in [-0.2, 0) is 16.1 Å². The molecular weight excluding hydrogens is 246 g/mol. The summed E-state index contributed by atoms with van der Waals surface area (Å²) in [6.45, 7) is 7.17. The lowest BCUT2D eigenvalue weighted by Crippen LogP contribution is -2.47. The third kappa shape index (κ3) is 4.33. The fourth-order valence-electron chi connectivity index (χ4n) is 2.13. The van der Waals surface area contributed by atoms with Gasteiger partial charge in [0.25, 0.3) is 0 Å². The van der Waals surface area contributed by atoms with Gasteiger partial charge in [-0.3, -0.25) is 9.69 Å². The van der Waals surface area contributed by atoms with Crippen molar-refractivity contribution >= 4 is 5.91 Å². The molecule has 1 aliphatic heterocycles. The molecule has 0 spiro atoms. The van der Waals surface area contributed by atoms with Gasteiger partial charge in [0.1, 0.15) is 12.0 Å². The van der Waals surface area contributed by atoms with Crippen molar-refractivity contribution in [1.82, 2.24) is 15.4 Å². The van der Waals surface area contributed by atoms with E-state index < -0.39 is 0 Å². The summed E-state index contributed by atoms with van der Waals surface area (Å²) in [6, 6.07) is 2.22. The van der Waals surface area contributed by atoms with Crippen LogP contribution in [0.25, 0.3) is 0 Å². The van der Waals surface area contributed by atoms with E-state index in [9.17, 15) is 4.79 Å². The fourth-order valence-corrected chi connectivity index (χ4v) is 2.13. The Morgan fingerprint density at radius 2 is 2.47 bits per heavy atom. The summed E-state index contributed by atoms with van der Waals surface area (Å²) in [5.74, 6) is -0.0152. The van der Waals surface area contributed by atoms with E-state index in [0.29, 0.717) is 25.6 Å². The van der Waals surface area contributed by atoms with Gasteiger partial charge in [0.05, 0.1) is 25.7 Å². The standard InChI is InChI=1S/C13H21N3O3/c1-10(2)16-4-6-18-12(9-16)7-13(17)14-8-11-3-5-19-15-11/h3,5,10,12H,4,6-9H2,1-2H3,(H,14,17). The number of carbonyl (C=O) groups excluding carboxylic acids is 1. The molecule has 106 valence electrons. The first kappa shape index (κ1) is 14.0. The van der Waals surface area contributed by atoms with Gasteiger partial charge in [-0.15, -0.1) is 0 Å². The first-order valence-corrected chi connectivity index (χ1v) is 6.66. The summed E-state index contributed by atoms with van der Waals surface area (Å²) in [5.41, 5.74) is 0.724. The molecule has 0 saturated carbocycles. The van der Waals surface area contributed by atoms with Crippen molar-refractivity contribution in [2.75, 3.05) is 19.7 Å². The summed E-state index contributed by atoms with van der Waals surface area (Å²) >= 11 is 0. The predicted molar refractivity (Wildman–Crippen MR) is 69.4 cm³/mol. The molecule has 1 fully saturated rings. The Morgan fingerprint density at radius 1 is 1.63 bits per heavy atom. The molecule has 6 heteroatoms. The highest BCUT2D eigenvalue weighted by Gasteiger charge is 2.24. The first-order valence-electron chi connectivity index (χ1n) is 6.66. The molecule has 0 bridgehead atoms. The molecule has 1 atom stereocenters. The van der Waals surface area contributed by atoms with E-state index in [4.69, 9.17) is 9.26 Å². The van der Waals surface area contributed by atoms with Gasteiger partial charge in [-0.1, -0.05) is 5.16 Å². The summed E-state index contributed by atoms with van der Waals surface area (Å²) in [4.78, 5) is 14.1. The Morgan fingerprint density at radius 3 is 3.16 bits per heavy atom.